The van der Waals surface area contributed by atoms with Crippen LogP contribution in [-0.4, -0.2) is 10.5 Å². The highest BCUT2D eigenvalue weighted by Gasteiger charge is 2.39. The van der Waals surface area contributed by atoms with Crippen LogP contribution in [0.15, 0.2) is 40.8 Å². The van der Waals surface area contributed by atoms with E-state index in [2.05, 4.69) is 11.9 Å². The molecule has 1 fully saturated rings. The third-order valence-corrected chi connectivity index (χ3v) is 4.39. The molecule has 1 aliphatic rings. The van der Waals surface area contributed by atoms with E-state index in [1.54, 1.807) is 18.2 Å². The van der Waals surface area contributed by atoms with E-state index in [-0.39, 0.29) is 17.6 Å². The van der Waals surface area contributed by atoms with Gasteiger partial charge in [-0.05, 0) is 18.4 Å². The van der Waals surface area contributed by atoms with Crippen LogP contribution in [-0.2, 0) is 11.3 Å². The summed E-state index contributed by atoms with van der Waals surface area (Å²) in [6.45, 7) is 2.45. The van der Waals surface area contributed by atoms with Crippen LogP contribution in [0, 0.1) is 17.7 Å². The van der Waals surface area contributed by atoms with E-state index in [1.807, 2.05) is 16.1 Å². The van der Waals surface area contributed by atoms with Crippen LogP contribution >= 0.6 is 11.3 Å². The van der Waals surface area contributed by atoms with Crippen LogP contribution in [0.1, 0.15) is 18.9 Å². The lowest BCUT2D eigenvalue weighted by Crippen LogP contribution is -2.18. The number of hydrogen-bond acceptors (Lipinski definition) is 2. The van der Waals surface area contributed by atoms with Crippen molar-refractivity contribution in [3.63, 3.8) is 0 Å². The number of rotatable bonds is 3. The first kappa shape index (κ1) is 13.2. The fourth-order valence-electron chi connectivity index (χ4n) is 2.16. The molecule has 1 aromatic heterocycles. The lowest BCUT2D eigenvalue weighted by molar-refractivity contribution is -0.119. The van der Waals surface area contributed by atoms with E-state index < -0.39 is 0 Å². The normalized spacial score (nSPS) is 22.0. The van der Waals surface area contributed by atoms with Gasteiger partial charge in [-0.3, -0.25) is 4.79 Å². The number of aromatic nitrogens is 1. The number of halogens is 1. The lowest BCUT2D eigenvalue weighted by atomic mass is 10.2. The summed E-state index contributed by atoms with van der Waals surface area (Å²) in [7, 11) is 0. The maximum Gasteiger partial charge on any atom is 0.251 e. The minimum Gasteiger partial charge on any atom is -0.319 e. The molecule has 2 aromatic rings. The van der Waals surface area contributed by atoms with Crippen molar-refractivity contribution in [3.05, 3.63) is 52.0 Å². The van der Waals surface area contributed by atoms with Crippen molar-refractivity contribution in [2.75, 3.05) is 0 Å². The van der Waals surface area contributed by atoms with Gasteiger partial charge in [-0.2, -0.15) is 4.99 Å². The van der Waals surface area contributed by atoms with Gasteiger partial charge in [0.1, 0.15) is 5.82 Å². The summed E-state index contributed by atoms with van der Waals surface area (Å²) in [5.74, 6) is 0.242. The Morgan fingerprint density at radius 1 is 1.50 bits per heavy atom. The summed E-state index contributed by atoms with van der Waals surface area (Å²) in [4.78, 5) is 16.7. The second-order valence-electron chi connectivity index (χ2n) is 5.17. The fourth-order valence-corrected chi connectivity index (χ4v) is 2.89. The number of benzene rings is 1. The Balaban J connectivity index is 1.85. The Kier molecular flexibility index (Phi) is 3.53. The molecule has 0 spiro atoms. The topological polar surface area (TPSA) is 34.4 Å². The second-order valence-corrected chi connectivity index (χ2v) is 6.05. The van der Waals surface area contributed by atoms with Gasteiger partial charge in [0.2, 0.25) is 0 Å². The van der Waals surface area contributed by atoms with Crippen LogP contribution < -0.4 is 4.80 Å². The molecule has 0 radical (unpaired) electrons. The predicted octanol–water partition coefficient (Wildman–Crippen LogP) is 2.82. The Labute approximate surface area is 120 Å². The van der Waals surface area contributed by atoms with Crippen LogP contribution in [0.4, 0.5) is 4.39 Å². The molecule has 0 bridgehead atoms. The minimum atomic E-state index is -0.237. The molecular weight excluding hydrogens is 275 g/mol. The van der Waals surface area contributed by atoms with E-state index in [4.69, 9.17) is 0 Å². The van der Waals surface area contributed by atoms with Gasteiger partial charge >= 0.3 is 0 Å². The number of nitrogens with zero attached hydrogens (tertiary/aromatic N) is 2. The van der Waals surface area contributed by atoms with Crippen molar-refractivity contribution in [2.24, 2.45) is 16.8 Å². The van der Waals surface area contributed by atoms with Gasteiger partial charge in [-0.25, -0.2) is 4.39 Å². The predicted molar refractivity (Wildman–Crippen MR) is 75.7 cm³/mol. The first-order valence-electron chi connectivity index (χ1n) is 6.61. The molecule has 2 unspecified atom stereocenters. The molecule has 1 aliphatic carbocycles. The number of hydrogen-bond donors (Lipinski definition) is 0. The van der Waals surface area contributed by atoms with Gasteiger partial charge in [0.05, 0.1) is 6.54 Å². The first-order valence-corrected chi connectivity index (χ1v) is 7.49. The number of amides is 1. The van der Waals surface area contributed by atoms with Crippen molar-refractivity contribution in [2.45, 2.75) is 19.9 Å². The van der Waals surface area contributed by atoms with E-state index in [9.17, 15) is 9.18 Å². The Bertz CT molecular complexity index is 704. The van der Waals surface area contributed by atoms with Gasteiger partial charge in [0.15, 0.2) is 4.80 Å². The summed E-state index contributed by atoms with van der Waals surface area (Å²) in [5, 5.41) is 1.86. The highest BCUT2D eigenvalue weighted by Crippen LogP contribution is 2.38. The van der Waals surface area contributed by atoms with Gasteiger partial charge in [0.25, 0.3) is 5.91 Å². The number of carbonyl (C=O) groups is 1. The molecule has 3 rings (SSSR count). The molecule has 0 aliphatic heterocycles. The molecular formula is C15H15FN2OS. The summed E-state index contributed by atoms with van der Waals surface area (Å²) in [6.07, 6.45) is 2.76. The minimum absolute atomic E-state index is 0.0535. The lowest BCUT2D eigenvalue weighted by Gasteiger charge is -2.04. The molecule has 3 nitrogen and oxygen atoms in total. The number of thiazole rings is 1. The quantitative estimate of drug-likeness (QED) is 0.856. The monoisotopic (exact) mass is 290 g/mol. The van der Waals surface area contributed by atoms with E-state index in [1.165, 1.54) is 17.4 Å². The van der Waals surface area contributed by atoms with Gasteiger partial charge in [-0.1, -0.05) is 25.1 Å². The largest absolute Gasteiger partial charge is 0.319 e. The molecule has 0 saturated heterocycles. The molecule has 1 amide bonds. The summed E-state index contributed by atoms with van der Waals surface area (Å²) in [6, 6.07) is 6.66. The molecule has 1 heterocycles. The van der Waals surface area contributed by atoms with Gasteiger partial charge in [-0.15, -0.1) is 11.3 Å². The van der Waals surface area contributed by atoms with Crippen molar-refractivity contribution in [1.82, 2.24) is 4.57 Å². The molecule has 1 saturated carbocycles. The first-order chi connectivity index (χ1) is 9.65. The summed E-state index contributed by atoms with van der Waals surface area (Å²) >= 11 is 1.40. The molecule has 2 atom stereocenters. The highest BCUT2D eigenvalue weighted by atomic mass is 32.1. The van der Waals surface area contributed by atoms with Crippen molar-refractivity contribution in [1.29, 1.82) is 0 Å². The van der Waals surface area contributed by atoms with E-state index in [0.717, 1.165) is 6.42 Å². The third-order valence-electron chi connectivity index (χ3n) is 3.59. The molecule has 20 heavy (non-hydrogen) atoms. The Hall–Kier alpha value is -1.75. The molecule has 5 heteroatoms. The van der Waals surface area contributed by atoms with Gasteiger partial charge in [0, 0.05) is 23.1 Å². The third kappa shape index (κ3) is 2.72. The summed E-state index contributed by atoms with van der Waals surface area (Å²) in [5.41, 5.74) is 0.597. The zero-order valence-corrected chi connectivity index (χ0v) is 11.9. The van der Waals surface area contributed by atoms with Crippen LogP contribution in [0.25, 0.3) is 0 Å². The standard InChI is InChI=1S/C15H15FN2OS/c1-10-8-12(10)14(19)17-15-18(6-7-20-15)9-11-4-2-3-5-13(11)16/h2-7,10,12H,8-9H2,1H3. The van der Waals surface area contributed by atoms with Crippen molar-refractivity contribution >= 4 is 17.2 Å². The average molecular weight is 290 g/mol. The Morgan fingerprint density at radius 3 is 2.95 bits per heavy atom. The van der Waals surface area contributed by atoms with Gasteiger partial charge < -0.3 is 4.57 Å². The SMILES string of the molecule is CC1CC1C(=O)N=c1sccn1Cc1ccccc1F. The van der Waals surface area contributed by atoms with Crippen molar-refractivity contribution < 1.29 is 9.18 Å². The average Bonchev–Trinajstić information content (AvgIpc) is 3.01. The summed E-state index contributed by atoms with van der Waals surface area (Å²) < 4.78 is 15.5. The highest BCUT2D eigenvalue weighted by molar-refractivity contribution is 7.07. The van der Waals surface area contributed by atoms with Crippen LogP contribution in [0.5, 0.6) is 0 Å². The van der Waals surface area contributed by atoms with Crippen molar-refractivity contribution in [3.8, 4) is 0 Å². The zero-order chi connectivity index (χ0) is 14.1. The maximum atomic E-state index is 13.7. The number of carbonyl (C=O) groups excluding carboxylic acids is 1. The van der Waals surface area contributed by atoms with Crippen LogP contribution in [0.2, 0.25) is 0 Å². The van der Waals surface area contributed by atoms with Crippen LogP contribution in [0.3, 0.4) is 0 Å². The second kappa shape index (κ2) is 5.32. The molecule has 104 valence electrons. The Morgan fingerprint density at radius 2 is 2.25 bits per heavy atom. The smallest absolute Gasteiger partial charge is 0.251 e. The van der Waals surface area contributed by atoms with E-state index >= 15 is 0 Å². The molecule has 1 aromatic carbocycles. The fraction of sp³-hybridized carbons (Fsp3) is 0.333. The van der Waals surface area contributed by atoms with E-state index in [0.29, 0.717) is 22.8 Å². The maximum absolute atomic E-state index is 13.7. The zero-order valence-electron chi connectivity index (χ0n) is 11.1. The molecule has 0 N–H and O–H groups in total.